The number of anilines is 1. The van der Waals surface area contributed by atoms with Crippen LogP contribution in [0.4, 0.5) is 5.82 Å². The van der Waals surface area contributed by atoms with Crippen molar-refractivity contribution in [2.75, 3.05) is 24.3 Å². The number of rotatable bonds is 9. The second-order valence-electron chi connectivity index (χ2n) is 6.72. The quantitative estimate of drug-likeness (QED) is 0.252. The molecule has 1 fully saturated rings. The number of nitrogens with one attached hydrogen (secondary N) is 1. The molecule has 1 unspecified atom stereocenters. The molecule has 3 heterocycles. The average Bonchev–Trinajstić information content (AvgIpc) is 3.27. The van der Waals surface area contributed by atoms with E-state index < -0.39 is 53.4 Å². The maximum Gasteiger partial charge on any atom is 0.362 e. The predicted molar refractivity (Wildman–Crippen MR) is 110 cm³/mol. The molecule has 0 saturated carbocycles. The van der Waals surface area contributed by atoms with Gasteiger partial charge in [0.05, 0.1) is 19.0 Å². The summed E-state index contributed by atoms with van der Waals surface area (Å²) in [6, 6.07) is -1.02. The van der Waals surface area contributed by atoms with Crippen LogP contribution in [0.15, 0.2) is 12.7 Å². The summed E-state index contributed by atoms with van der Waals surface area (Å²) in [5.74, 6) is -0.215. The van der Waals surface area contributed by atoms with E-state index in [9.17, 15) is 23.4 Å². The second kappa shape index (κ2) is 9.60. The first kappa shape index (κ1) is 23.6. The number of aliphatic hydroxyl groups excluding tert-OH is 2. The molecule has 3 rings (SSSR count). The lowest BCUT2D eigenvalue weighted by Gasteiger charge is -2.16. The van der Waals surface area contributed by atoms with Gasteiger partial charge in [0.2, 0.25) is 0 Å². The molecular weight excluding hydrogens is 454 g/mol. The summed E-state index contributed by atoms with van der Waals surface area (Å²) in [6.07, 6.45) is -0.689. The summed E-state index contributed by atoms with van der Waals surface area (Å²) in [6.45, 7) is -0.666. The minimum absolute atomic E-state index is 0.120. The van der Waals surface area contributed by atoms with Crippen molar-refractivity contribution in [2.24, 2.45) is 5.73 Å². The van der Waals surface area contributed by atoms with Gasteiger partial charge in [0.1, 0.15) is 30.2 Å². The van der Waals surface area contributed by atoms with Crippen LogP contribution in [-0.2, 0) is 24.0 Å². The van der Waals surface area contributed by atoms with Gasteiger partial charge in [-0.25, -0.2) is 19.7 Å². The maximum atomic E-state index is 12.0. The number of carbonyl (C=O) groups is 1. The highest BCUT2D eigenvalue weighted by Crippen LogP contribution is 2.32. The number of fused-ring (bicyclic) bond motifs is 1. The van der Waals surface area contributed by atoms with Crippen molar-refractivity contribution < 1.29 is 32.3 Å². The van der Waals surface area contributed by atoms with E-state index in [-0.39, 0.29) is 23.4 Å². The number of carbonyl (C=O) groups excluding carboxylic acids is 1. The topological polar surface area (TPSA) is 218 Å². The number of ether oxygens (including phenoxy) is 1. The van der Waals surface area contributed by atoms with Crippen LogP contribution in [-0.4, -0.2) is 87.0 Å². The van der Waals surface area contributed by atoms with E-state index in [2.05, 4.69) is 15.0 Å². The highest BCUT2D eigenvalue weighted by Gasteiger charge is 2.45. The van der Waals surface area contributed by atoms with Crippen LogP contribution < -0.4 is 16.2 Å². The molecule has 1 amide bonds. The van der Waals surface area contributed by atoms with Crippen molar-refractivity contribution >= 4 is 45.0 Å². The monoisotopic (exact) mass is 477 g/mol. The molecule has 31 heavy (non-hydrogen) atoms. The molecule has 0 radical (unpaired) electrons. The first-order chi connectivity index (χ1) is 14.6. The number of hydrogen-bond acceptors (Lipinski definition) is 13. The third kappa shape index (κ3) is 5.22. The number of aliphatic hydroxyl groups is 2. The smallest absolute Gasteiger partial charge is 0.362 e. The van der Waals surface area contributed by atoms with E-state index in [1.54, 1.807) is 4.72 Å². The summed E-state index contributed by atoms with van der Waals surface area (Å²) in [4.78, 5) is 23.8. The van der Waals surface area contributed by atoms with E-state index in [4.69, 9.17) is 20.4 Å². The molecule has 172 valence electrons. The zero-order valence-electron chi connectivity index (χ0n) is 16.4. The van der Waals surface area contributed by atoms with Crippen molar-refractivity contribution in [3.8, 4) is 0 Å². The fraction of sp³-hybridized carbons (Fsp3) is 0.600. The van der Waals surface area contributed by atoms with Crippen LogP contribution in [0.25, 0.3) is 11.2 Å². The Labute approximate surface area is 181 Å². The zero-order valence-corrected chi connectivity index (χ0v) is 18.0. The lowest BCUT2D eigenvalue weighted by molar-refractivity contribution is -0.120. The van der Waals surface area contributed by atoms with Crippen LogP contribution in [0.5, 0.6) is 0 Å². The number of hydrogen-bond donors (Lipinski definition) is 5. The molecule has 16 heteroatoms. The summed E-state index contributed by atoms with van der Waals surface area (Å²) in [7, 11) is -4.51. The Kier molecular flexibility index (Phi) is 7.30. The lowest BCUT2D eigenvalue weighted by Crippen LogP contribution is -2.45. The first-order valence-electron chi connectivity index (χ1n) is 9.04. The zero-order chi connectivity index (χ0) is 22.8. The van der Waals surface area contributed by atoms with Crippen molar-refractivity contribution in [3.05, 3.63) is 12.7 Å². The Balaban J connectivity index is 1.64. The SMILES string of the molecule is CSCCC(N)C(=O)NS(=O)(=O)OC[C@H]1O[C@@H](n2cnc3c(N)ncnc32)[C@H](O)[C@@H]1O. The van der Waals surface area contributed by atoms with Crippen LogP contribution in [0.3, 0.4) is 0 Å². The summed E-state index contributed by atoms with van der Waals surface area (Å²) >= 11 is 1.46. The van der Waals surface area contributed by atoms with Crippen LogP contribution in [0, 0.1) is 0 Å². The van der Waals surface area contributed by atoms with Crippen molar-refractivity contribution in [2.45, 2.75) is 37.0 Å². The number of thioether (sulfide) groups is 1. The first-order valence-corrected chi connectivity index (χ1v) is 11.8. The van der Waals surface area contributed by atoms with Crippen molar-refractivity contribution in [1.82, 2.24) is 24.2 Å². The van der Waals surface area contributed by atoms with Gasteiger partial charge in [0, 0.05) is 0 Å². The molecule has 5 atom stereocenters. The van der Waals surface area contributed by atoms with E-state index >= 15 is 0 Å². The minimum atomic E-state index is -4.51. The highest BCUT2D eigenvalue weighted by atomic mass is 32.2. The third-order valence-corrected chi connectivity index (χ3v) is 6.12. The molecule has 1 saturated heterocycles. The Hall–Kier alpha value is -2.08. The molecule has 2 aromatic heterocycles. The fourth-order valence-electron chi connectivity index (χ4n) is 2.91. The number of nitrogen functional groups attached to an aromatic ring is 1. The van der Waals surface area contributed by atoms with E-state index in [0.717, 1.165) is 0 Å². The largest absolute Gasteiger partial charge is 0.387 e. The van der Waals surface area contributed by atoms with Gasteiger partial charge >= 0.3 is 10.3 Å². The van der Waals surface area contributed by atoms with Gasteiger partial charge in [-0.15, -0.1) is 0 Å². The second-order valence-corrected chi connectivity index (χ2v) is 9.06. The van der Waals surface area contributed by atoms with Crippen LogP contribution in [0.1, 0.15) is 12.6 Å². The van der Waals surface area contributed by atoms with Crippen LogP contribution >= 0.6 is 11.8 Å². The molecule has 0 bridgehead atoms. The standard InChI is InChI=1S/C15H23N7O7S2/c1-30-3-2-7(16)14(25)21-31(26,27)28-4-8-10(23)11(24)15(29-8)22-6-20-9-12(17)18-5-19-13(9)22/h5-8,10-11,15,23-24H,2-4,16H2,1H3,(H,21,25)(H2,17,18,19)/t7?,8-,10-,11-,15-/m1/s1. The average molecular weight is 478 g/mol. The van der Waals surface area contributed by atoms with Gasteiger partial charge in [-0.1, -0.05) is 0 Å². The van der Waals surface area contributed by atoms with Crippen LogP contribution in [0.2, 0.25) is 0 Å². The Morgan fingerprint density at radius 3 is 2.84 bits per heavy atom. The summed E-state index contributed by atoms with van der Waals surface area (Å²) in [5.41, 5.74) is 11.9. The fourth-order valence-corrected chi connectivity index (χ4v) is 4.17. The molecule has 14 nitrogen and oxygen atoms in total. The predicted octanol–water partition coefficient (Wildman–Crippen LogP) is -2.51. The maximum absolute atomic E-state index is 12.0. The number of nitrogens with two attached hydrogens (primary N) is 2. The van der Waals surface area contributed by atoms with E-state index in [1.807, 2.05) is 6.26 Å². The lowest BCUT2D eigenvalue weighted by atomic mass is 10.1. The molecule has 0 aliphatic carbocycles. The molecule has 0 aromatic carbocycles. The Morgan fingerprint density at radius 1 is 1.39 bits per heavy atom. The molecule has 1 aliphatic heterocycles. The Bertz CT molecular complexity index is 1030. The number of nitrogens with zero attached hydrogens (tertiary/aromatic N) is 4. The molecule has 2 aromatic rings. The van der Waals surface area contributed by atoms with E-state index in [0.29, 0.717) is 5.75 Å². The van der Waals surface area contributed by atoms with Gasteiger partial charge in [0.25, 0.3) is 5.91 Å². The molecular formula is C15H23N7O7S2. The third-order valence-electron chi connectivity index (χ3n) is 4.58. The Morgan fingerprint density at radius 2 is 2.13 bits per heavy atom. The van der Waals surface area contributed by atoms with Gasteiger partial charge in [-0.05, 0) is 18.4 Å². The normalized spacial score (nSPS) is 25.0. The van der Waals surface area contributed by atoms with Gasteiger partial charge in [0.15, 0.2) is 17.7 Å². The molecule has 7 N–H and O–H groups in total. The summed E-state index contributed by atoms with van der Waals surface area (Å²) < 4.78 is 37.4. The molecule has 0 spiro atoms. The number of amides is 1. The summed E-state index contributed by atoms with van der Waals surface area (Å²) in [5, 5.41) is 20.6. The van der Waals surface area contributed by atoms with E-state index in [1.165, 1.54) is 29.0 Å². The van der Waals surface area contributed by atoms with Crippen molar-refractivity contribution in [1.29, 1.82) is 0 Å². The number of aromatic nitrogens is 4. The van der Waals surface area contributed by atoms with Crippen molar-refractivity contribution in [3.63, 3.8) is 0 Å². The molecule has 1 aliphatic rings. The van der Waals surface area contributed by atoms with Gasteiger partial charge < -0.3 is 26.4 Å². The van der Waals surface area contributed by atoms with Gasteiger partial charge in [-0.3, -0.25) is 13.5 Å². The minimum Gasteiger partial charge on any atom is -0.387 e. The number of imidazole rings is 1. The highest BCUT2D eigenvalue weighted by molar-refractivity contribution is 7.98. The van der Waals surface area contributed by atoms with Gasteiger partial charge in [-0.2, -0.15) is 20.2 Å².